The van der Waals surface area contributed by atoms with Crippen molar-refractivity contribution in [3.05, 3.63) is 34.2 Å². The van der Waals surface area contributed by atoms with Crippen LogP contribution in [0.3, 0.4) is 0 Å². The Morgan fingerprint density at radius 2 is 2.31 bits per heavy atom. The molecule has 3 N–H and O–H groups in total. The first-order valence-electron chi connectivity index (χ1n) is 5.19. The fraction of sp³-hybridized carbons (Fsp3) is 0.455. The number of carbonyl (C=O) groups excluding carboxylic acids is 1. The lowest BCUT2D eigenvalue weighted by atomic mass is 10.1. The molecule has 1 rings (SSSR count). The Labute approximate surface area is 94.3 Å². The largest absolute Gasteiger partial charge is 0.367 e. The second kappa shape index (κ2) is 5.46. The van der Waals surface area contributed by atoms with Crippen molar-refractivity contribution in [3.8, 4) is 0 Å². The fourth-order valence-electron chi connectivity index (χ4n) is 1.41. The maximum absolute atomic E-state index is 11.9. The van der Waals surface area contributed by atoms with Crippen molar-refractivity contribution in [3.63, 3.8) is 0 Å². The van der Waals surface area contributed by atoms with Crippen LogP contribution in [0.5, 0.6) is 0 Å². The molecule has 0 spiro atoms. The van der Waals surface area contributed by atoms with Gasteiger partial charge in [-0.15, -0.1) is 0 Å². The lowest BCUT2D eigenvalue weighted by Gasteiger charge is -2.20. The molecule has 0 radical (unpaired) electrons. The zero-order chi connectivity index (χ0) is 12.1. The van der Waals surface area contributed by atoms with E-state index in [1.54, 1.807) is 7.05 Å². The third-order valence-corrected chi connectivity index (χ3v) is 2.39. The van der Waals surface area contributed by atoms with Gasteiger partial charge in [-0.05, 0) is 12.5 Å². The number of aromatic nitrogens is 1. The van der Waals surface area contributed by atoms with Crippen LogP contribution in [0.4, 0.5) is 0 Å². The van der Waals surface area contributed by atoms with E-state index >= 15 is 0 Å². The van der Waals surface area contributed by atoms with Crippen LogP contribution < -0.4 is 11.2 Å². The molecule has 88 valence electrons. The van der Waals surface area contributed by atoms with Gasteiger partial charge in [0.15, 0.2) is 5.43 Å². The molecule has 1 amide bonds. The summed E-state index contributed by atoms with van der Waals surface area (Å²) in [5, 5.41) is 0. The first-order valence-corrected chi connectivity index (χ1v) is 5.19. The predicted octanol–water partition coefficient (Wildman–Crippen LogP) is 0.0417. The van der Waals surface area contributed by atoms with E-state index in [4.69, 9.17) is 5.73 Å². The molecule has 0 bridgehead atoms. The molecule has 1 unspecified atom stereocenters. The second-order valence-electron chi connectivity index (χ2n) is 3.95. The van der Waals surface area contributed by atoms with Crippen molar-refractivity contribution in [2.45, 2.75) is 6.92 Å². The zero-order valence-electron chi connectivity index (χ0n) is 9.56. The highest BCUT2D eigenvalue weighted by atomic mass is 16.2. The molecule has 0 aliphatic rings. The predicted molar refractivity (Wildman–Crippen MR) is 62.2 cm³/mol. The van der Waals surface area contributed by atoms with Crippen molar-refractivity contribution in [2.24, 2.45) is 11.7 Å². The molecule has 5 heteroatoms. The number of amides is 1. The van der Waals surface area contributed by atoms with Crippen molar-refractivity contribution < 1.29 is 4.79 Å². The van der Waals surface area contributed by atoms with Crippen LogP contribution in [0.2, 0.25) is 0 Å². The summed E-state index contributed by atoms with van der Waals surface area (Å²) in [5.41, 5.74) is 5.38. The van der Waals surface area contributed by atoms with E-state index in [9.17, 15) is 9.59 Å². The van der Waals surface area contributed by atoms with Crippen LogP contribution in [0.1, 0.15) is 17.3 Å². The molecule has 0 saturated carbocycles. The number of H-pyrrole nitrogens is 1. The summed E-state index contributed by atoms with van der Waals surface area (Å²) in [6, 6.07) is 1.34. The normalized spacial score (nSPS) is 12.2. The summed E-state index contributed by atoms with van der Waals surface area (Å²) in [7, 11) is 1.67. The molecular formula is C11H17N3O2. The average molecular weight is 223 g/mol. The summed E-state index contributed by atoms with van der Waals surface area (Å²) in [5.74, 6) is -0.0566. The van der Waals surface area contributed by atoms with E-state index in [1.165, 1.54) is 23.4 Å². The minimum absolute atomic E-state index is 0.161. The van der Waals surface area contributed by atoms with Gasteiger partial charge in [0.1, 0.15) is 5.56 Å². The SMILES string of the molecule is CC(CN)CN(C)C(=O)c1c[nH]ccc1=O. The van der Waals surface area contributed by atoms with Crippen molar-refractivity contribution in [2.75, 3.05) is 20.1 Å². The molecular weight excluding hydrogens is 206 g/mol. The van der Waals surface area contributed by atoms with Gasteiger partial charge in [-0.2, -0.15) is 0 Å². The lowest BCUT2D eigenvalue weighted by Crippen LogP contribution is -2.35. The number of rotatable bonds is 4. The van der Waals surface area contributed by atoms with E-state index in [1.807, 2.05) is 6.92 Å². The maximum Gasteiger partial charge on any atom is 0.259 e. The highest BCUT2D eigenvalue weighted by molar-refractivity contribution is 5.93. The monoisotopic (exact) mass is 223 g/mol. The minimum Gasteiger partial charge on any atom is -0.367 e. The molecule has 16 heavy (non-hydrogen) atoms. The summed E-state index contributed by atoms with van der Waals surface area (Å²) >= 11 is 0. The number of pyridine rings is 1. The van der Waals surface area contributed by atoms with Crippen LogP contribution in [0.25, 0.3) is 0 Å². The van der Waals surface area contributed by atoms with Crippen molar-refractivity contribution >= 4 is 5.91 Å². The summed E-state index contributed by atoms with van der Waals surface area (Å²) in [6.07, 6.45) is 2.93. The molecule has 1 heterocycles. The minimum atomic E-state index is -0.276. The average Bonchev–Trinajstić information content (AvgIpc) is 2.28. The van der Waals surface area contributed by atoms with Gasteiger partial charge in [0, 0.05) is 32.1 Å². The molecule has 1 aromatic heterocycles. The summed E-state index contributed by atoms with van der Waals surface area (Å²) in [4.78, 5) is 27.6. The Morgan fingerprint density at radius 1 is 1.62 bits per heavy atom. The zero-order valence-corrected chi connectivity index (χ0v) is 9.56. The molecule has 0 saturated heterocycles. The van der Waals surface area contributed by atoms with E-state index in [2.05, 4.69) is 4.98 Å². The Balaban J connectivity index is 2.79. The molecule has 0 aromatic carbocycles. The first kappa shape index (κ1) is 12.4. The molecule has 0 aliphatic carbocycles. The topological polar surface area (TPSA) is 79.2 Å². The molecule has 0 aliphatic heterocycles. The van der Waals surface area contributed by atoms with Crippen LogP contribution in [-0.4, -0.2) is 35.9 Å². The number of aromatic amines is 1. The Hall–Kier alpha value is -1.62. The first-order chi connectivity index (χ1) is 7.56. The van der Waals surface area contributed by atoms with Crippen LogP contribution in [0.15, 0.2) is 23.3 Å². The number of hydrogen-bond donors (Lipinski definition) is 2. The number of nitrogens with two attached hydrogens (primary N) is 1. The van der Waals surface area contributed by atoms with Crippen molar-refractivity contribution in [1.29, 1.82) is 0 Å². The molecule has 1 atom stereocenters. The van der Waals surface area contributed by atoms with E-state index in [0.717, 1.165) is 0 Å². The van der Waals surface area contributed by atoms with Gasteiger partial charge in [-0.1, -0.05) is 6.92 Å². The maximum atomic E-state index is 11.9. The number of hydrogen-bond acceptors (Lipinski definition) is 3. The quantitative estimate of drug-likeness (QED) is 0.756. The van der Waals surface area contributed by atoms with Gasteiger partial charge in [-0.3, -0.25) is 9.59 Å². The third-order valence-electron chi connectivity index (χ3n) is 2.39. The van der Waals surface area contributed by atoms with E-state index in [0.29, 0.717) is 13.1 Å². The summed E-state index contributed by atoms with van der Waals surface area (Å²) in [6.45, 7) is 3.02. The van der Waals surface area contributed by atoms with Gasteiger partial charge in [-0.25, -0.2) is 0 Å². The number of nitrogens with zero attached hydrogens (tertiary/aromatic N) is 1. The second-order valence-corrected chi connectivity index (χ2v) is 3.95. The third kappa shape index (κ3) is 2.93. The van der Waals surface area contributed by atoms with Gasteiger partial charge < -0.3 is 15.6 Å². The molecule has 5 nitrogen and oxygen atoms in total. The Bertz CT molecular complexity index is 414. The highest BCUT2D eigenvalue weighted by Gasteiger charge is 2.16. The van der Waals surface area contributed by atoms with Gasteiger partial charge >= 0.3 is 0 Å². The molecule has 1 aromatic rings. The van der Waals surface area contributed by atoms with Crippen LogP contribution in [0, 0.1) is 5.92 Å². The highest BCUT2D eigenvalue weighted by Crippen LogP contribution is 2.00. The van der Waals surface area contributed by atoms with Crippen LogP contribution >= 0.6 is 0 Å². The van der Waals surface area contributed by atoms with Crippen molar-refractivity contribution in [1.82, 2.24) is 9.88 Å². The Kier molecular flexibility index (Phi) is 4.25. The fourth-order valence-corrected chi connectivity index (χ4v) is 1.41. The van der Waals surface area contributed by atoms with Gasteiger partial charge in [0.05, 0.1) is 0 Å². The number of nitrogens with one attached hydrogen (secondary N) is 1. The van der Waals surface area contributed by atoms with E-state index < -0.39 is 0 Å². The van der Waals surface area contributed by atoms with Crippen LogP contribution in [-0.2, 0) is 0 Å². The molecule has 0 fully saturated rings. The van der Waals surface area contributed by atoms with Gasteiger partial charge in [0.2, 0.25) is 0 Å². The number of carbonyl (C=O) groups is 1. The lowest BCUT2D eigenvalue weighted by molar-refractivity contribution is 0.0776. The smallest absolute Gasteiger partial charge is 0.259 e. The van der Waals surface area contributed by atoms with E-state index in [-0.39, 0.29) is 22.8 Å². The van der Waals surface area contributed by atoms with Gasteiger partial charge in [0.25, 0.3) is 5.91 Å². The Morgan fingerprint density at radius 3 is 2.88 bits per heavy atom. The summed E-state index contributed by atoms with van der Waals surface area (Å²) < 4.78 is 0. The standard InChI is InChI=1S/C11H17N3O2/c1-8(5-12)7-14(2)11(16)9-6-13-4-3-10(9)15/h3-4,6,8H,5,7,12H2,1-2H3,(H,13,15).